The van der Waals surface area contributed by atoms with Crippen molar-refractivity contribution in [2.75, 3.05) is 5.43 Å². The van der Waals surface area contributed by atoms with E-state index in [4.69, 9.17) is 0 Å². The molecule has 68 valence electrons. The molecule has 1 aliphatic rings. The normalized spacial score (nSPS) is 12.9. The zero-order valence-corrected chi connectivity index (χ0v) is 7.91. The maximum absolute atomic E-state index is 4.11. The molecule has 0 radical (unpaired) electrons. The van der Waals surface area contributed by atoms with Crippen molar-refractivity contribution >= 4 is 22.7 Å². The van der Waals surface area contributed by atoms with Gasteiger partial charge >= 0.3 is 0 Å². The van der Waals surface area contributed by atoms with Crippen molar-refractivity contribution in [3.8, 4) is 0 Å². The average molecular weight is 182 g/mol. The summed E-state index contributed by atoms with van der Waals surface area (Å²) in [5, 5.41) is 6.66. The van der Waals surface area contributed by atoms with Gasteiger partial charge in [-0.3, -0.25) is 5.43 Å². The van der Waals surface area contributed by atoms with E-state index in [1.165, 1.54) is 21.9 Å². The maximum atomic E-state index is 4.11. The Morgan fingerprint density at radius 3 is 3.07 bits per heavy atom. The van der Waals surface area contributed by atoms with Gasteiger partial charge < -0.3 is 0 Å². The molecule has 2 heteroatoms. The van der Waals surface area contributed by atoms with Crippen molar-refractivity contribution in [3.05, 3.63) is 41.5 Å². The Morgan fingerprint density at radius 2 is 2.14 bits per heavy atom. The molecular formula is C12H10N2. The van der Waals surface area contributed by atoms with Crippen LogP contribution in [0.5, 0.6) is 0 Å². The minimum absolute atomic E-state index is 1.10. The summed E-state index contributed by atoms with van der Waals surface area (Å²) in [6, 6.07) is 10.6. The molecule has 0 spiro atoms. The molecule has 0 atom stereocenters. The number of nitrogens with zero attached hydrogens (tertiary/aromatic N) is 1. The molecule has 0 saturated carbocycles. The van der Waals surface area contributed by atoms with E-state index in [2.05, 4.69) is 47.8 Å². The van der Waals surface area contributed by atoms with Gasteiger partial charge in [-0.2, -0.15) is 5.10 Å². The molecule has 0 aromatic heterocycles. The Labute approximate surface area is 82.3 Å². The van der Waals surface area contributed by atoms with E-state index in [1.807, 2.05) is 6.21 Å². The summed E-state index contributed by atoms with van der Waals surface area (Å²) in [6.07, 6.45) is 1.88. The molecule has 1 aliphatic heterocycles. The first-order chi connectivity index (χ1) is 6.84. The second-order valence-corrected chi connectivity index (χ2v) is 3.63. The lowest BCUT2D eigenvalue weighted by Crippen LogP contribution is -2.00. The molecule has 2 nitrogen and oxygen atoms in total. The summed E-state index contributed by atoms with van der Waals surface area (Å²) in [7, 11) is 0. The second kappa shape index (κ2) is 2.58. The summed E-state index contributed by atoms with van der Waals surface area (Å²) >= 11 is 0. The molecule has 2 aromatic carbocycles. The van der Waals surface area contributed by atoms with E-state index in [0.29, 0.717) is 0 Å². The van der Waals surface area contributed by atoms with Crippen LogP contribution in [-0.4, -0.2) is 6.21 Å². The quantitative estimate of drug-likeness (QED) is 0.665. The highest BCUT2D eigenvalue weighted by molar-refractivity contribution is 6.08. The smallest absolute Gasteiger partial charge is 0.0646 e. The molecule has 3 rings (SSSR count). The van der Waals surface area contributed by atoms with Crippen LogP contribution in [0.15, 0.2) is 35.4 Å². The molecule has 2 aromatic rings. The molecule has 0 amide bonds. The SMILES string of the molecule is Cc1cc2c3c(cccc3c1)NN=C2. The monoisotopic (exact) mass is 182 g/mol. The predicted molar refractivity (Wildman–Crippen MR) is 59.9 cm³/mol. The van der Waals surface area contributed by atoms with Gasteiger partial charge in [0.2, 0.25) is 0 Å². The van der Waals surface area contributed by atoms with Crippen LogP contribution in [0.4, 0.5) is 5.69 Å². The van der Waals surface area contributed by atoms with Crippen molar-refractivity contribution < 1.29 is 0 Å². The number of benzene rings is 2. The average Bonchev–Trinajstić information content (AvgIpc) is 2.18. The summed E-state index contributed by atoms with van der Waals surface area (Å²) in [4.78, 5) is 0. The lowest BCUT2D eigenvalue weighted by Gasteiger charge is -2.13. The Hall–Kier alpha value is -1.83. The van der Waals surface area contributed by atoms with Gasteiger partial charge in [0.1, 0.15) is 0 Å². The van der Waals surface area contributed by atoms with Crippen molar-refractivity contribution in [2.45, 2.75) is 6.92 Å². The lowest BCUT2D eigenvalue weighted by molar-refractivity contribution is 1.34. The number of hydrazone groups is 1. The van der Waals surface area contributed by atoms with E-state index in [-0.39, 0.29) is 0 Å². The number of anilines is 1. The van der Waals surface area contributed by atoms with Crippen LogP contribution in [0.1, 0.15) is 11.1 Å². The van der Waals surface area contributed by atoms with E-state index in [9.17, 15) is 0 Å². The molecule has 0 unspecified atom stereocenters. The predicted octanol–water partition coefficient (Wildman–Crippen LogP) is 2.91. The highest BCUT2D eigenvalue weighted by Gasteiger charge is 2.08. The molecule has 1 heterocycles. The second-order valence-electron chi connectivity index (χ2n) is 3.63. The third-order valence-corrected chi connectivity index (χ3v) is 2.54. The summed E-state index contributed by atoms with van der Waals surface area (Å²) in [5.74, 6) is 0. The topological polar surface area (TPSA) is 24.4 Å². The van der Waals surface area contributed by atoms with Crippen molar-refractivity contribution in [2.24, 2.45) is 5.10 Å². The number of nitrogens with one attached hydrogen (secondary N) is 1. The first kappa shape index (κ1) is 7.56. The van der Waals surface area contributed by atoms with Crippen molar-refractivity contribution in [1.29, 1.82) is 0 Å². The first-order valence-corrected chi connectivity index (χ1v) is 4.67. The number of aryl methyl sites for hydroxylation is 1. The van der Waals surface area contributed by atoms with Gasteiger partial charge in [-0.05, 0) is 30.0 Å². The van der Waals surface area contributed by atoms with Crippen LogP contribution >= 0.6 is 0 Å². The summed E-state index contributed by atoms with van der Waals surface area (Å²) < 4.78 is 0. The molecule has 0 saturated heterocycles. The minimum Gasteiger partial charge on any atom is -0.278 e. The third-order valence-electron chi connectivity index (χ3n) is 2.54. The van der Waals surface area contributed by atoms with Gasteiger partial charge in [0, 0.05) is 10.9 Å². The maximum Gasteiger partial charge on any atom is 0.0646 e. The van der Waals surface area contributed by atoms with Crippen LogP contribution < -0.4 is 5.43 Å². The van der Waals surface area contributed by atoms with Gasteiger partial charge in [-0.15, -0.1) is 0 Å². The Kier molecular flexibility index (Phi) is 1.39. The van der Waals surface area contributed by atoms with E-state index < -0.39 is 0 Å². The number of hydrogen-bond donors (Lipinski definition) is 1. The van der Waals surface area contributed by atoms with Crippen molar-refractivity contribution in [3.63, 3.8) is 0 Å². The van der Waals surface area contributed by atoms with Gasteiger partial charge in [0.25, 0.3) is 0 Å². The van der Waals surface area contributed by atoms with E-state index >= 15 is 0 Å². The third kappa shape index (κ3) is 0.940. The van der Waals surface area contributed by atoms with Crippen LogP contribution in [-0.2, 0) is 0 Å². The summed E-state index contributed by atoms with van der Waals surface area (Å²) in [6.45, 7) is 2.11. The highest BCUT2D eigenvalue weighted by Crippen LogP contribution is 2.29. The Morgan fingerprint density at radius 1 is 1.21 bits per heavy atom. The molecular weight excluding hydrogens is 172 g/mol. The molecule has 0 bridgehead atoms. The van der Waals surface area contributed by atoms with E-state index in [1.54, 1.807) is 0 Å². The van der Waals surface area contributed by atoms with Crippen LogP contribution in [0.2, 0.25) is 0 Å². The number of rotatable bonds is 0. The lowest BCUT2D eigenvalue weighted by atomic mass is 10.00. The van der Waals surface area contributed by atoms with Crippen molar-refractivity contribution in [1.82, 2.24) is 0 Å². The van der Waals surface area contributed by atoms with Crippen LogP contribution in [0.25, 0.3) is 10.8 Å². The largest absolute Gasteiger partial charge is 0.278 e. The van der Waals surface area contributed by atoms with Crippen LogP contribution in [0, 0.1) is 6.92 Å². The zero-order chi connectivity index (χ0) is 9.54. The minimum atomic E-state index is 1.10. The fourth-order valence-corrected chi connectivity index (χ4v) is 1.98. The van der Waals surface area contributed by atoms with Gasteiger partial charge in [0.15, 0.2) is 0 Å². The molecule has 0 fully saturated rings. The van der Waals surface area contributed by atoms with Crippen LogP contribution in [0.3, 0.4) is 0 Å². The zero-order valence-electron chi connectivity index (χ0n) is 7.91. The number of hydrogen-bond acceptors (Lipinski definition) is 2. The molecule has 0 aliphatic carbocycles. The van der Waals surface area contributed by atoms with E-state index in [0.717, 1.165) is 5.69 Å². The van der Waals surface area contributed by atoms with Gasteiger partial charge in [-0.1, -0.05) is 18.2 Å². The fraction of sp³-hybridized carbons (Fsp3) is 0.0833. The first-order valence-electron chi connectivity index (χ1n) is 4.67. The fourth-order valence-electron chi connectivity index (χ4n) is 1.98. The molecule has 1 N–H and O–H groups in total. The summed E-state index contributed by atoms with van der Waals surface area (Å²) in [5.41, 5.74) is 6.59. The highest BCUT2D eigenvalue weighted by atomic mass is 15.3. The van der Waals surface area contributed by atoms with Gasteiger partial charge in [0.05, 0.1) is 11.9 Å². The Balaban J connectivity index is 2.53. The Bertz CT molecular complexity index is 541. The standard InChI is InChI=1S/C12H10N2/c1-8-5-9-3-2-4-11-12(9)10(6-8)7-13-14-11/h2-7,14H,1H3. The van der Waals surface area contributed by atoms with Gasteiger partial charge in [-0.25, -0.2) is 0 Å². The molecule has 14 heavy (non-hydrogen) atoms.